The number of hydrogen-bond donors (Lipinski definition) is 1. The van der Waals surface area contributed by atoms with Crippen LogP contribution in [0.1, 0.15) is 66.7 Å². The average molecular weight is 489 g/mol. The van der Waals surface area contributed by atoms with Crippen LogP contribution in [0.15, 0.2) is 42.5 Å². The number of piperidine rings is 1. The zero-order valence-electron chi connectivity index (χ0n) is 20.5. The third-order valence-corrected chi connectivity index (χ3v) is 7.43. The van der Waals surface area contributed by atoms with Gasteiger partial charge in [0.05, 0.1) is 11.7 Å². The van der Waals surface area contributed by atoms with Crippen LogP contribution in [-0.2, 0) is 15.7 Å². The van der Waals surface area contributed by atoms with Crippen molar-refractivity contribution in [2.75, 3.05) is 25.0 Å². The molecule has 2 aliphatic rings. The van der Waals surface area contributed by atoms with Gasteiger partial charge in [-0.05, 0) is 81.5 Å². The van der Waals surface area contributed by atoms with Gasteiger partial charge in [-0.1, -0.05) is 35.9 Å². The summed E-state index contributed by atoms with van der Waals surface area (Å²) in [5, 5.41) is 3.25. The largest absolute Gasteiger partial charge is 0.416 e. The molecule has 0 bridgehead atoms. The Kier molecular flexibility index (Phi) is 8.05. The molecule has 1 heterocycles. The lowest BCUT2D eigenvalue weighted by Crippen LogP contribution is -2.41. The molecule has 2 aromatic carbocycles. The maximum atomic E-state index is 13.2. The Hall–Kier alpha value is -2.54. The maximum absolute atomic E-state index is 13.2. The number of aryl methyl sites for hydroxylation is 2. The Morgan fingerprint density at radius 1 is 0.971 bits per heavy atom. The number of nitrogens with one attached hydrogen (secondary N) is 1. The predicted octanol–water partition coefficient (Wildman–Crippen LogP) is 6.47. The average Bonchev–Trinajstić information content (AvgIpc) is 2.84. The van der Waals surface area contributed by atoms with Crippen molar-refractivity contribution in [3.63, 3.8) is 0 Å². The third-order valence-electron chi connectivity index (χ3n) is 7.43. The molecule has 1 aliphatic heterocycles. The summed E-state index contributed by atoms with van der Waals surface area (Å²) in [7, 11) is 0. The summed E-state index contributed by atoms with van der Waals surface area (Å²) in [6, 6.07) is 13.2. The van der Waals surface area contributed by atoms with Crippen LogP contribution in [0.2, 0.25) is 0 Å². The molecule has 0 unspecified atom stereocenters. The molecule has 0 spiro atoms. The SMILES string of the molecule is Cc1ccc(C2CCN(C(=O)COC3CCC(Nc4ccc(C)c(C(F)(F)F)c4)CC3)CC2)cc1. The number of carbonyl (C=O) groups is 1. The Morgan fingerprint density at radius 3 is 2.26 bits per heavy atom. The summed E-state index contributed by atoms with van der Waals surface area (Å²) in [5.41, 5.74) is 2.74. The molecule has 0 radical (unpaired) electrons. The number of hydrogen-bond acceptors (Lipinski definition) is 3. The molecular formula is C28H35F3N2O2. The number of likely N-dealkylation sites (tertiary alicyclic amines) is 1. The van der Waals surface area contributed by atoms with E-state index in [2.05, 4.69) is 36.5 Å². The molecule has 0 aromatic heterocycles. The number of amides is 1. The molecule has 190 valence electrons. The van der Waals surface area contributed by atoms with Gasteiger partial charge in [-0.25, -0.2) is 0 Å². The Balaban J connectivity index is 1.17. The number of benzene rings is 2. The minimum absolute atomic E-state index is 0.0193. The lowest BCUT2D eigenvalue weighted by atomic mass is 9.89. The summed E-state index contributed by atoms with van der Waals surface area (Å²) in [5.74, 6) is 0.552. The molecule has 1 saturated carbocycles. The van der Waals surface area contributed by atoms with E-state index >= 15 is 0 Å². The van der Waals surface area contributed by atoms with Gasteiger partial charge in [0.15, 0.2) is 0 Å². The van der Waals surface area contributed by atoms with Gasteiger partial charge < -0.3 is 15.0 Å². The van der Waals surface area contributed by atoms with Crippen molar-refractivity contribution >= 4 is 11.6 Å². The highest BCUT2D eigenvalue weighted by atomic mass is 19.4. The van der Waals surface area contributed by atoms with E-state index < -0.39 is 11.7 Å². The predicted molar refractivity (Wildman–Crippen MR) is 132 cm³/mol. The highest BCUT2D eigenvalue weighted by Gasteiger charge is 2.33. The minimum Gasteiger partial charge on any atom is -0.382 e. The number of halogens is 3. The molecule has 1 amide bonds. The van der Waals surface area contributed by atoms with E-state index in [-0.39, 0.29) is 30.2 Å². The van der Waals surface area contributed by atoms with Crippen molar-refractivity contribution in [3.8, 4) is 0 Å². The van der Waals surface area contributed by atoms with Gasteiger partial charge >= 0.3 is 6.18 Å². The smallest absolute Gasteiger partial charge is 0.382 e. The first-order valence-corrected chi connectivity index (χ1v) is 12.6. The van der Waals surface area contributed by atoms with E-state index in [1.54, 1.807) is 6.07 Å². The van der Waals surface area contributed by atoms with Crippen LogP contribution in [0.25, 0.3) is 0 Å². The maximum Gasteiger partial charge on any atom is 0.416 e. The molecular weight excluding hydrogens is 453 g/mol. The molecule has 4 nitrogen and oxygen atoms in total. The molecule has 7 heteroatoms. The summed E-state index contributed by atoms with van der Waals surface area (Å²) >= 11 is 0. The van der Waals surface area contributed by atoms with Crippen LogP contribution in [-0.4, -0.2) is 42.6 Å². The molecule has 35 heavy (non-hydrogen) atoms. The molecule has 2 fully saturated rings. The summed E-state index contributed by atoms with van der Waals surface area (Å²) < 4.78 is 45.5. The van der Waals surface area contributed by atoms with E-state index in [9.17, 15) is 18.0 Å². The third kappa shape index (κ3) is 6.78. The Morgan fingerprint density at radius 2 is 1.63 bits per heavy atom. The van der Waals surface area contributed by atoms with Crippen LogP contribution >= 0.6 is 0 Å². The number of carbonyl (C=O) groups excluding carboxylic acids is 1. The van der Waals surface area contributed by atoms with Crippen molar-refractivity contribution < 1.29 is 22.7 Å². The first-order chi connectivity index (χ1) is 16.7. The molecule has 2 aromatic rings. The molecule has 4 rings (SSSR count). The van der Waals surface area contributed by atoms with Crippen molar-refractivity contribution in [1.82, 2.24) is 4.90 Å². The van der Waals surface area contributed by atoms with Crippen LogP contribution in [0.4, 0.5) is 18.9 Å². The van der Waals surface area contributed by atoms with Gasteiger partial charge in [0.1, 0.15) is 6.61 Å². The standard InChI is InChI=1S/C28H35F3N2O2/c1-19-3-6-21(7-4-19)22-13-15-33(16-14-22)27(34)18-35-25-11-9-23(10-12-25)32-24-8-5-20(2)26(17-24)28(29,30)31/h3-8,17,22-23,25,32H,9-16,18H2,1-2H3. The first kappa shape index (κ1) is 25.5. The summed E-state index contributed by atoms with van der Waals surface area (Å²) in [6.07, 6.45) is 0.797. The second-order valence-electron chi connectivity index (χ2n) is 10.0. The van der Waals surface area contributed by atoms with Gasteiger partial charge in [0.2, 0.25) is 5.91 Å². The zero-order valence-corrected chi connectivity index (χ0v) is 20.5. The monoisotopic (exact) mass is 488 g/mol. The fourth-order valence-corrected chi connectivity index (χ4v) is 5.21. The Bertz CT molecular complexity index is 990. The van der Waals surface area contributed by atoms with Crippen LogP contribution in [0.3, 0.4) is 0 Å². The van der Waals surface area contributed by atoms with Crippen molar-refractivity contribution in [2.45, 2.75) is 76.6 Å². The number of anilines is 1. The molecule has 1 saturated heterocycles. The van der Waals surface area contributed by atoms with Gasteiger partial charge in [-0.15, -0.1) is 0 Å². The summed E-state index contributed by atoms with van der Waals surface area (Å²) in [4.78, 5) is 14.6. The van der Waals surface area contributed by atoms with Gasteiger partial charge in [0.25, 0.3) is 0 Å². The fourth-order valence-electron chi connectivity index (χ4n) is 5.21. The lowest BCUT2D eigenvalue weighted by molar-refractivity contribution is -0.140. The van der Waals surface area contributed by atoms with Crippen molar-refractivity contribution in [2.24, 2.45) is 0 Å². The fraction of sp³-hybridized carbons (Fsp3) is 0.536. The topological polar surface area (TPSA) is 41.6 Å². The molecule has 1 N–H and O–H groups in total. The molecule has 0 atom stereocenters. The van der Waals surface area contributed by atoms with Crippen molar-refractivity contribution in [3.05, 3.63) is 64.7 Å². The second-order valence-corrected chi connectivity index (χ2v) is 10.0. The van der Waals surface area contributed by atoms with Gasteiger partial charge in [0, 0.05) is 24.8 Å². The zero-order chi connectivity index (χ0) is 25.0. The van der Waals surface area contributed by atoms with Gasteiger partial charge in [-0.2, -0.15) is 13.2 Å². The number of ether oxygens (including phenoxy) is 1. The van der Waals surface area contributed by atoms with E-state index in [0.29, 0.717) is 11.6 Å². The quantitative estimate of drug-likeness (QED) is 0.507. The minimum atomic E-state index is -4.35. The van der Waals surface area contributed by atoms with E-state index in [1.165, 1.54) is 30.2 Å². The van der Waals surface area contributed by atoms with Gasteiger partial charge in [-0.3, -0.25) is 4.79 Å². The highest BCUT2D eigenvalue weighted by Crippen LogP contribution is 2.34. The van der Waals surface area contributed by atoms with E-state index in [0.717, 1.165) is 51.6 Å². The van der Waals surface area contributed by atoms with Crippen LogP contribution in [0, 0.1) is 13.8 Å². The number of rotatable bonds is 6. The second kappa shape index (κ2) is 11.0. The first-order valence-electron chi connectivity index (χ1n) is 12.6. The van der Waals surface area contributed by atoms with E-state index in [1.807, 2.05) is 4.90 Å². The van der Waals surface area contributed by atoms with E-state index in [4.69, 9.17) is 4.74 Å². The highest BCUT2D eigenvalue weighted by molar-refractivity contribution is 5.77. The Labute approximate surface area is 205 Å². The van der Waals surface area contributed by atoms with Crippen LogP contribution < -0.4 is 5.32 Å². The normalized spacial score (nSPS) is 21.7. The number of nitrogens with zero attached hydrogens (tertiary/aromatic N) is 1. The lowest BCUT2D eigenvalue weighted by Gasteiger charge is -2.33. The number of alkyl halides is 3. The summed E-state index contributed by atoms with van der Waals surface area (Å²) in [6.45, 7) is 5.18. The van der Waals surface area contributed by atoms with Crippen molar-refractivity contribution in [1.29, 1.82) is 0 Å². The molecule has 1 aliphatic carbocycles. The van der Waals surface area contributed by atoms with Crippen LogP contribution in [0.5, 0.6) is 0 Å².